The van der Waals surface area contributed by atoms with Gasteiger partial charge in [-0.05, 0) is 30.2 Å². The lowest BCUT2D eigenvalue weighted by molar-refractivity contribution is -0.127. The van der Waals surface area contributed by atoms with Crippen LogP contribution < -0.4 is 10.1 Å². The minimum absolute atomic E-state index is 0.151. The highest BCUT2D eigenvalue weighted by molar-refractivity contribution is 5.81. The van der Waals surface area contributed by atoms with Crippen molar-refractivity contribution in [3.05, 3.63) is 102 Å². The predicted molar refractivity (Wildman–Crippen MR) is 99.4 cm³/mol. The molecular formula is C22H21NO2. The molecule has 25 heavy (non-hydrogen) atoms. The van der Waals surface area contributed by atoms with Gasteiger partial charge in [0.1, 0.15) is 5.75 Å². The molecule has 0 aliphatic heterocycles. The van der Waals surface area contributed by atoms with E-state index >= 15 is 0 Å². The fourth-order valence-corrected chi connectivity index (χ4v) is 2.67. The van der Waals surface area contributed by atoms with E-state index in [2.05, 4.69) is 5.32 Å². The molecule has 0 aliphatic rings. The second-order valence-electron chi connectivity index (χ2n) is 5.84. The molecule has 0 aliphatic carbocycles. The fraction of sp³-hybridized carbons (Fsp3) is 0.136. The van der Waals surface area contributed by atoms with Crippen molar-refractivity contribution in [2.24, 2.45) is 0 Å². The third-order valence-corrected chi connectivity index (χ3v) is 3.98. The normalized spacial score (nSPS) is 11.8. The van der Waals surface area contributed by atoms with E-state index in [0.29, 0.717) is 5.75 Å². The molecule has 1 N–H and O–H groups in total. The van der Waals surface area contributed by atoms with Crippen molar-refractivity contribution in [2.75, 3.05) is 0 Å². The Morgan fingerprint density at radius 2 is 1.20 bits per heavy atom. The van der Waals surface area contributed by atoms with Crippen LogP contribution in [0.3, 0.4) is 0 Å². The second-order valence-corrected chi connectivity index (χ2v) is 5.84. The van der Waals surface area contributed by atoms with Gasteiger partial charge >= 0.3 is 0 Å². The van der Waals surface area contributed by atoms with Gasteiger partial charge in [-0.3, -0.25) is 4.79 Å². The molecule has 3 nitrogen and oxygen atoms in total. The lowest BCUT2D eigenvalue weighted by Gasteiger charge is -2.22. The lowest BCUT2D eigenvalue weighted by Crippen LogP contribution is -2.39. The number of hydrogen-bond acceptors (Lipinski definition) is 2. The summed E-state index contributed by atoms with van der Waals surface area (Å²) in [7, 11) is 0. The van der Waals surface area contributed by atoms with Gasteiger partial charge < -0.3 is 10.1 Å². The molecule has 3 aromatic carbocycles. The van der Waals surface area contributed by atoms with Crippen LogP contribution in [-0.4, -0.2) is 12.0 Å². The minimum atomic E-state index is -0.586. The number of carbonyl (C=O) groups is 1. The number of nitrogens with one attached hydrogen (secondary N) is 1. The van der Waals surface area contributed by atoms with Gasteiger partial charge in [0, 0.05) is 0 Å². The van der Waals surface area contributed by atoms with Crippen molar-refractivity contribution in [1.82, 2.24) is 5.32 Å². The number of benzene rings is 3. The topological polar surface area (TPSA) is 38.3 Å². The summed E-state index contributed by atoms with van der Waals surface area (Å²) in [5, 5.41) is 3.11. The summed E-state index contributed by atoms with van der Waals surface area (Å²) in [6, 6.07) is 29.0. The van der Waals surface area contributed by atoms with E-state index in [1.165, 1.54) is 0 Å². The molecule has 1 amide bonds. The van der Waals surface area contributed by atoms with Crippen LogP contribution in [0.25, 0.3) is 0 Å². The first-order valence-electron chi connectivity index (χ1n) is 8.36. The zero-order chi connectivity index (χ0) is 17.5. The number of hydrogen-bond donors (Lipinski definition) is 1. The van der Waals surface area contributed by atoms with Crippen LogP contribution in [0.15, 0.2) is 91.0 Å². The number of amides is 1. The maximum Gasteiger partial charge on any atom is 0.261 e. The number of ether oxygens (including phenoxy) is 1. The molecule has 0 spiro atoms. The smallest absolute Gasteiger partial charge is 0.261 e. The van der Waals surface area contributed by atoms with Crippen LogP contribution in [0, 0.1) is 0 Å². The molecule has 0 radical (unpaired) electrons. The Morgan fingerprint density at radius 1 is 0.760 bits per heavy atom. The Hall–Kier alpha value is -3.07. The molecule has 0 aromatic heterocycles. The monoisotopic (exact) mass is 331 g/mol. The first kappa shape index (κ1) is 16.8. The molecule has 0 fully saturated rings. The molecule has 3 aromatic rings. The molecule has 126 valence electrons. The second kappa shape index (κ2) is 8.15. The van der Waals surface area contributed by atoms with Crippen molar-refractivity contribution in [1.29, 1.82) is 0 Å². The molecule has 0 heterocycles. The summed E-state index contributed by atoms with van der Waals surface area (Å²) < 4.78 is 5.74. The first-order chi connectivity index (χ1) is 12.2. The van der Waals surface area contributed by atoms with Crippen molar-refractivity contribution in [2.45, 2.75) is 19.1 Å². The minimum Gasteiger partial charge on any atom is -0.481 e. The van der Waals surface area contributed by atoms with Gasteiger partial charge in [0.2, 0.25) is 0 Å². The SMILES string of the molecule is C[C@@H](Oc1ccccc1)C(=O)NC(c1ccccc1)c1ccccc1. The van der Waals surface area contributed by atoms with Crippen LogP contribution in [0.2, 0.25) is 0 Å². The highest BCUT2D eigenvalue weighted by Gasteiger charge is 2.21. The summed E-state index contributed by atoms with van der Waals surface area (Å²) in [4.78, 5) is 12.7. The van der Waals surface area contributed by atoms with E-state index in [9.17, 15) is 4.79 Å². The van der Waals surface area contributed by atoms with Gasteiger partial charge in [-0.25, -0.2) is 0 Å². The van der Waals surface area contributed by atoms with Crippen molar-refractivity contribution in [3.8, 4) is 5.75 Å². The number of carbonyl (C=O) groups excluding carboxylic acids is 1. The van der Waals surface area contributed by atoms with Gasteiger partial charge in [0.25, 0.3) is 5.91 Å². The molecular weight excluding hydrogens is 310 g/mol. The summed E-state index contributed by atoms with van der Waals surface area (Å²) >= 11 is 0. The molecule has 3 heteroatoms. The highest BCUT2D eigenvalue weighted by Crippen LogP contribution is 2.22. The summed E-state index contributed by atoms with van der Waals surface area (Å²) in [6.45, 7) is 1.76. The molecule has 0 saturated heterocycles. The average molecular weight is 331 g/mol. The van der Waals surface area contributed by atoms with E-state index in [0.717, 1.165) is 11.1 Å². The fourth-order valence-electron chi connectivity index (χ4n) is 2.67. The van der Waals surface area contributed by atoms with Crippen LogP contribution >= 0.6 is 0 Å². The maximum atomic E-state index is 12.7. The molecule has 1 atom stereocenters. The maximum absolute atomic E-state index is 12.7. The van der Waals surface area contributed by atoms with E-state index in [1.807, 2.05) is 91.0 Å². The summed E-state index contributed by atoms with van der Waals surface area (Å²) in [6.07, 6.45) is -0.586. The van der Waals surface area contributed by atoms with Crippen LogP contribution in [0.1, 0.15) is 24.1 Å². The van der Waals surface area contributed by atoms with Crippen LogP contribution in [0.4, 0.5) is 0 Å². The first-order valence-corrected chi connectivity index (χ1v) is 8.36. The van der Waals surface area contributed by atoms with E-state index in [4.69, 9.17) is 4.74 Å². The van der Waals surface area contributed by atoms with Gasteiger partial charge in [-0.15, -0.1) is 0 Å². The van der Waals surface area contributed by atoms with Gasteiger partial charge in [0.15, 0.2) is 6.10 Å². The summed E-state index contributed by atoms with van der Waals surface area (Å²) in [5.41, 5.74) is 2.07. The molecule has 0 bridgehead atoms. The van der Waals surface area contributed by atoms with Crippen molar-refractivity contribution < 1.29 is 9.53 Å². The quantitative estimate of drug-likeness (QED) is 0.729. The van der Waals surface area contributed by atoms with Crippen LogP contribution in [0.5, 0.6) is 5.75 Å². The lowest BCUT2D eigenvalue weighted by atomic mass is 9.98. The van der Waals surface area contributed by atoms with Crippen molar-refractivity contribution >= 4 is 5.91 Å². The molecule has 0 unspecified atom stereocenters. The van der Waals surface area contributed by atoms with Gasteiger partial charge in [-0.2, -0.15) is 0 Å². The Kier molecular flexibility index (Phi) is 5.47. The van der Waals surface area contributed by atoms with E-state index in [1.54, 1.807) is 6.92 Å². The zero-order valence-corrected chi connectivity index (χ0v) is 14.1. The summed E-state index contributed by atoms with van der Waals surface area (Å²) in [5.74, 6) is 0.530. The Balaban J connectivity index is 1.77. The van der Waals surface area contributed by atoms with E-state index in [-0.39, 0.29) is 11.9 Å². The molecule has 3 rings (SSSR count). The highest BCUT2D eigenvalue weighted by atomic mass is 16.5. The van der Waals surface area contributed by atoms with Crippen molar-refractivity contribution in [3.63, 3.8) is 0 Å². The predicted octanol–water partition coefficient (Wildman–Crippen LogP) is 4.36. The number of rotatable bonds is 6. The Bertz CT molecular complexity index is 749. The Labute approximate surface area is 148 Å². The standard InChI is InChI=1S/C22H21NO2/c1-17(25-20-15-9-4-10-16-20)22(24)23-21(18-11-5-2-6-12-18)19-13-7-3-8-14-19/h2-17,21H,1H3,(H,23,24)/t17-/m1/s1. The molecule has 0 saturated carbocycles. The van der Waals surface area contributed by atoms with Crippen LogP contribution in [-0.2, 0) is 4.79 Å². The average Bonchev–Trinajstić information content (AvgIpc) is 2.68. The largest absolute Gasteiger partial charge is 0.481 e. The Morgan fingerprint density at radius 3 is 1.68 bits per heavy atom. The van der Waals surface area contributed by atoms with Gasteiger partial charge in [0.05, 0.1) is 6.04 Å². The van der Waals surface area contributed by atoms with Gasteiger partial charge in [-0.1, -0.05) is 78.9 Å². The third-order valence-electron chi connectivity index (χ3n) is 3.98. The third kappa shape index (κ3) is 4.48. The number of para-hydroxylation sites is 1. The van der Waals surface area contributed by atoms with E-state index < -0.39 is 6.10 Å². The zero-order valence-electron chi connectivity index (χ0n) is 14.1.